The fraction of sp³-hybridized carbons (Fsp3) is 0.143. The van der Waals surface area contributed by atoms with Gasteiger partial charge in [0.2, 0.25) is 0 Å². The Hall–Kier alpha value is -2.99. The van der Waals surface area contributed by atoms with Crippen molar-refractivity contribution in [2.24, 2.45) is 4.99 Å². The van der Waals surface area contributed by atoms with E-state index in [9.17, 15) is 9.90 Å². The van der Waals surface area contributed by atoms with Crippen molar-refractivity contribution in [2.45, 2.75) is 0 Å². The van der Waals surface area contributed by atoms with Crippen LogP contribution in [0, 0.1) is 0 Å². The molecule has 0 radical (unpaired) electrons. The van der Waals surface area contributed by atoms with Crippen LogP contribution in [0.25, 0.3) is 6.08 Å². The summed E-state index contributed by atoms with van der Waals surface area (Å²) in [6.45, 7) is 4.12. The third-order valence-corrected chi connectivity index (χ3v) is 4.99. The summed E-state index contributed by atoms with van der Waals surface area (Å²) in [5, 5.41) is 10.0. The van der Waals surface area contributed by atoms with E-state index in [1.807, 2.05) is 49.3 Å². The van der Waals surface area contributed by atoms with Gasteiger partial charge in [0.25, 0.3) is 5.91 Å². The monoisotopic (exact) mass is 379 g/mol. The summed E-state index contributed by atoms with van der Waals surface area (Å²) in [7, 11) is 3.98. The first-order chi connectivity index (χ1) is 13.0. The molecule has 138 valence electrons. The lowest BCUT2D eigenvalue weighted by Gasteiger charge is -2.12. The van der Waals surface area contributed by atoms with Gasteiger partial charge in [-0.25, -0.2) is 4.99 Å². The lowest BCUT2D eigenvalue weighted by Crippen LogP contribution is -2.29. The number of phenols is 1. The van der Waals surface area contributed by atoms with E-state index >= 15 is 0 Å². The Balaban J connectivity index is 1.90. The lowest BCUT2D eigenvalue weighted by molar-refractivity contribution is -0.121. The number of hydrogen-bond donors (Lipinski definition) is 1. The number of rotatable bonds is 5. The highest BCUT2D eigenvalue weighted by atomic mass is 32.2. The summed E-state index contributed by atoms with van der Waals surface area (Å²) < 4.78 is 0. The molecule has 0 saturated carbocycles. The third kappa shape index (κ3) is 4.41. The van der Waals surface area contributed by atoms with Gasteiger partial charge in [-0.2, -0.15) is 0 Å². The van der Waals surface area contributed by atoms with Crippen molar-refractivity contribution in [3.05, 3.63) is 71.7 Å². The average molecular weight is 379 g/mol. The topological polar surface area (TPSA) is 56.1 Å². The number of aliphatic imine (C=N–C) groups is 1. The quantitative estimate of drug-likeness (QED) is 0.623. The highest BCUT2D eigenvalue weighted by molar-refractivity contribution is 8.18. The van der Waals surface area contributed by atoms with Crippen LogP contribution in [0.4, 0.5) is 11.4 Å². The number of carbonyl (C=O) groups is 1. The second kappa shape index (κ2) is 8.14. The molecule has 0 unspecified atom stereocenters. The maximum Gasteiger partial charge on any atom is 0.267 e. The molecule has 27 heavy (non-hydrogen) atoms. The molecule has 1 aliphatic heterocycles. The number of nitrogens with zero attached hydrogens (tertiary/aromatic N) is 3. The Morgan fingerprint density at radius 2 is 1.81 bits per heavy atom. The van der Waals surface area contributed by atoms with Crippen molar-refractivity contribution in [3.63, 3.8) is 0 Å². The highest BCUT2D eigenvalue weighted by Gasteiger charge is 2.32. The molecule has 1 amide bonds. The molecule has 0 atom stereocenters. The van der Waals surface area contributed by atoms with Crippen molar-refractivity contribution >= 4 is 40.3 Å². The van der Waals surface area contributed by atoms with E-state index < -0.39 is 0 Å². The summed E-state index contributed by atoms with van der Waals surface area (Å²) in [5.74, 6) is 0.0907. The zero-order valence-electron chi connectivity index (χ0n) is 15.3. The standard InChI is InChI=1S/C21H21N3O2S/c1-4-13-24-20(26)19(14-15-5-9-17(10-6-15)23(2)3)27-21(24)22-16-7-11-18(25)12-8-16/h4-12,14,25H,1,13H2,2-3H3. The number of hydrogen-bond acceptors (Lipinski definition) is 5. The predicted molar refractivity (Wildman–Crippen MR) is 113 cm³/mol. The average Bonchev–Trinajstić information content (AvgIpc) is 2.93. The molecule has 0 spiro atoms. The molecular formula is C21H21N3O2S. The smallest absolute Gasteiger partial charge is 0.267 e. The van der Waals surface area contributed by atoms with E-state index in [0.29, 0.717) is 22.3 Å². The fourth-order valence-corrected chi connectivity index (χ4v) is 3.55. The lowest BCUT2D eigenvalue weighted by atomic mass is 10.2. The molecule has 5 nitrogen and oxygen atoms in total. The van der Waals surface area contributed by atoms with E-state index in [0.717, 1.165) is 11.3 Å². The molecule has 2 aromatic rings. The van der Waals surface area contributed by atoms with Gasteiger partial charge in [-0.3, -0.25) is 9.69 Å². The summed E-state index contributed by atoms with van der Waals surface area (Å²) in [4.78, 5) is 21.6. The highest BCUT2D eigenvalue weighted by Crippen LogP contribution is 2.34. The molecule has 6 heteroatoms. The summed E-state index contributed by atoms with van der Waals surface area (Å²) >= 11 is 1.34. The van der Waals surface area contributed by atoms with E-state index in [4.69, 9.17) is 0 Å². The Kier molecular flexibility index (Phi) is 5.66. The number of anilines is 1. The van der Waals surface area contributed by atoms with E-state index in [2.05, 4.69) is 11.6 Å². The van der Waals surface area contributed by atoms with Crippen molar-refractivity contribution in [1.82, 2.24) is 4.90 Å². The van der Waals surface area contributed by atoms with Crippen molar-refractivity contribution in [3.8, 4) is 5.75 Å². The zero-order chi connectivity index (χ0) is 19.4. The van der Waals surface area contributed by atoms with Gasteiger partial charge in [0.1, 0.15) is 5.75 Å². The van der Waals surface area contributed by atoms with Crippen LogP contribution in [-0.4, -0.2) is 41.7 Å². The van der Waals surface area contributed by atoms with Gasteiger partial charge in [0.15, 0.2) is 5.17 Å². The van der Waals surface area contributed by atoms with Crippen LogP contribution < -0.4 is 4.90 Å². The first kappa shape index (κ1) is 18.8. The fourth-order valence-electron chi connectivity index (χ4n) is 2.54. The van der Waals surface area contributed by atoms with Crippen molar-refractivity contribution in [1.29, 1.82) is 0 Å². The van der Waals surface area contributed by atoms with Gasteiger partial charge >= 0.3 is 0 Å². The maximum absolute atomic E-state index is 12.8. The molecule has 2 aromatic carbocycles. The molecule has 0 bridgehead atoms. The van der Waals surface area contributed by atoms with E-state index in [1.54, 1.807) is 35.2 Å². The van der Waals surface area contributed by atoms with Gasteiger partial charge in [0, 0.05) is 26.3 Å². The zero-order valence-corrected chi connectivity index (χ0v) is 16.1. The van der Waals surface area contributed by atoms with Crippen LogP contribution in [0.1, 0.15) is 5.56 Å². The molecule has 1 saturated heterocycles. The second-order valence-electron chi connectivity index (χ2n) is 6.21. The minimum Gasteiger partial charge on any atom is -0.508 e. The molecule has 0 aliphatic carbocycles. The number of thioether (sulfide) groups is 1. The Morgan fingerprint density at radius 1 is 1.15 bits per heavy atom. The Morgan fingerprint density at radius 3 is 2.41 bits per heavy atom. The van der Waals surface area contributed by atoms with Crippen LogP contribution in [0.5, 0.6) is 5.75 Å². The third-order valence-electron chi connectivity index (χ3n) is 3.98. The molecule has 1 heterocycles. The van der Waals surface area contributed by atoms with Crippen molar-refractivity contribution < 1.29 is 9.90 Å². The largest absolute Gasteiger partial charge is 0.508 e. The number of phenolic OH excluding ortho intramolecular Hbond substituents is 1. The first-order valence-electron chi connectivity index (χ1n) is 8.45. The molecule has 0 aromatic heterocycles. The molecule has 1 aliphatic rings. The SMILES string of the molecule is C=CCN1C(=O)C(=Cc2ccc(N(C)C)cc2)SC1=Nc1ccc(O)cc1. The normalized spacial score (nSPS) is 17.0. The summed E-state index contributed by atoms with van der Waals surface area (Å²) in [5.41, 5.74) is 2.74. The van der Waals surface area contributed by atoms with Gasteiger partial charge < -0.3 is 10.0 Å². The van der Waals surface area contributed by atoms with Gasteiger partial charge in [-0.15, -0.1) is 6.58 Å². The molecule has 1 fully saturated rings. The molecule has 1 N–H and O–H groups in total. The van der Waals surface area contributed by atoms with Crippen LogP contribution >= 0.6 is 11.8 Å². The van der Waals surface area contributed by atoms with E-state index in [1.165, 1.54) is 11.8 Å². The predicted octanol–water partition coefficient (Wildman–Crippen LogP) is 4.25. The number of benzene rings is 2. The minimum atomic E-state index is -0.0888. The van der Waals surface area contributed by atoms with Gasteiger partial charge in [-0.1, -0.05) is 18.2 Å². The number of aromatic hydroxyl groups is 1. The second-order valence-corrected chi connectivity index (χ2v) is 7.22. The van der Waals surface area contributed by atoms with E-state index in [-0.39, 0.29) is 11.7 Å². The first-order valence-corrected chi connectivity index (χ1v) is 9.27. The van der Waals surface area contributed by atoms with Crippen LogP contribution in [-0.2, 0) is 4.79 Å². The Labute approximate surface area is 163 Å². The van der Waals surface area contributed by atoms with Crippen molar-refractivity contribution in [2.75, 3.05) is 25.5 Å². The molecular weight excluding hydrogens is 358 g/mol. The number of amides is 1. The summed E-state index contributed by atoms with van der Waals surface area (Å²) in [6.07, 6.45) is 3.56. The van der Waals surface area contributed by atoms with Crippen LogP contribution in [0.2, 0.25) is 0 Å². The Bertz CT molecular complexity index is 900. The van der Waals surface area contributed by atoms with Crippen LogP contribution in [0.15, 0.2) is 71.1 Å². The minimum absolute atomic E-state index is 0.0888. The maximum atomic E-state index is 12.8. The van der Waals surface area contributed by atoms with Gasteiger partial charge in [0.05, 0.1) is 10.6 Å². The number of amidine groups is 1. The number of carbonyl (C=O) groups excluding carboxylic acids is 1. The van der Waals surface area contributed by atoms with Crippen LogP contribution in [0.3, 0.4) is 0 Å². The van der Waals surface area contributed by atoms with Gasteiger partial charge in [-0.05, 0) is 59.8 Å². The summed E-state index contributed by atoms with van der Waals surface area (Å²) in [6, 6.07) is 14.6. The molecule has 3 rings (SSSR count).